The Balaban J connectivity index is 1.73. The number of carbonyl (C=O) groups is 2. The number of piperazine rings is 1. The summed E-state index contributed by atoms with van der Waals surface area (Å²) in [6.07, 6.45) is 0. The fraction of sp³-hybridized carbons (Fsp3) is 0.385. The lowest BCUT2D eigenvalue weighted by Crippen LogP contribution is -2.67. The Bertz CT molecular complexity index is 1180. The van der Waals surface area contributed by atoms with Gasteiger partial charge in [-0.3, -0.25) is 9.59 Å². The SMILES string of the molecule is Cc1ccc([C@@H]2CN3C(=O)CN(CC(C)C)C(=O)[C@]3(C)c3[nH]c4ccccc4c32)cc1. The zero-order valence-electron chi connectivity index (χ0n) is 18.6. The average Bonchev–Trinajstić information content (AvgIpc) is 3.13. The van der Waals surface area contributed by atoms with Crippen molar-refractivity contribution >= 4 is 22.7 Å². The maximum Gasteiger partial charge on any atom is 0.254 e. The summed E-state index contributed by atoms with van der Waals surface area (Å²) in [4.78, 5) is 34.3. The summed E-state index contributed by atoms with van der Waals surface area (Å²) < 4.78 is 0. The molecule has 2 aliphatic heterocycles. The third-order valence-electron chi connectivity index (χ3n) is 6.88. The van der Waals surface area contributed by atoms with Crippen LogP contribution in [-0.4, -0.2) is 46.2 Å². The van der Waals surface area contributed by atoms with Crippen LogP contribution in [0.4, 0.5) is 0 Å². The molecule has 0 spiro atoms. The van der Waals surface area contributed by atoms with E-state index in [1.807, 2.05) is 24.0 Å². The summed E-state index contributed by atoms with van der Waals surface area (Å²) in [6, 6.07) is 16.7. The molecule has 2 aliphatic rings. The van der Waals surface area contributed by atoms with Crippen LogP contribution in [0.2, 0.25) is 0 Å². The van der Waals surface area contributed by atoms with Crippen LogP contribution in [0.25, 0.3) is 10.9 Å². The molecule has 3 aromatic rings. The fourth-order valence-electron chi connectivity index (χ4n) is 5.36. The first-order valence-electron chi connectivity index (χ1n) is 11.1. The predicted molar refractivity (Wildman–Crippen MR) is 122 cm³/mol. The van der Waals surface area contributed by atoms with Crippen molar-refractivity contribution in [1.29, 1.82) is 0 Å². The molecule has 31 heavy (non-hydrogen) atoms. The fourth-order valence-corrected chi connectivity index (χ4v) is 5.36. The van der Waals surface area contributed by atoms with Gasteiger partial charge in [-0.25, -0.2) is 0 Å². The Morgan fingerprint density at radius 3 is 2.52 bits per heavy atom. The van der Waals surface area contributed by atoms with Gasteiger partial charge >= 0.3 is 0 Å². The van der Waals surface area contributed by atoms with E-state index in [1.54, 1.807) is 4.90 Å². The molecule has 1 fully saturated rings. The van der Waals surface area contributed by atoms with Gasteiger partial charge in [0.1, 0.15) is 0 Å². The maximum absolute atomic E-state index is 13.8. The van der Waals surface area contributed by atoms with E-state index in [2.05, 4.69) is 62.2 Å². The van der Waals surface area contributed by atoms with E-state index in [0.717, 1.165) is 22.2 Å². The number of nitrogens with one attached hydrogen (secondary N) is 1. The monoisotopic (exact) mass is 415 g/mol. The molecule has 3 heterocycles. The molecule has 0 aliphatic carbocycles. The lowest BCUT2D eigenvalue weighted by molar-refractivity contribution is -0.166. The quantitative estimate of drug-likeness (QED) is 0.698. The van der Waals surface area contributed by atoms with Gasteiger partial charge in [0.15, 0.2) is 5.54 Å². The van der Waals surface area contributed by atoms with E-state index in [1.165, 1.54) is 11.1 Å². The normalized spacial score (nSPS) is 23.5. The lowest BCUT2D eigenvalue weighted by atomic mass is 9.76. The largest absolute Gasteiger partial charge is 0.356 e. The molecule has 0 bridgehead atoms. The zero-order valence-corrected chi connectivity index (χ0v) is 18.6. The smallest absolute Gasteiger partial charge is 0.254 e. The van der Waals surface area contributed by atoms with Crippen molar-refractivity contribution in [1.82, 2.24) is 14.8 Å². The van der Waals surface area contributed by atoms with Crippen LogP contribution in [0.5, 0.6) is 0 Å². The van der Waals surface area contributed by atoms with Crippen molar-refractivity contribution < 1.29 is 9.59 Å². The number of carbonyl (C=O) groups excluding carboxylic acids is 2. The van der Waals surface area contributed by atoms with E-state index >= 15 is 0 Å². The van der Waals surface area contributed by atoms with E-state index in [-0.39, 0.29) is 24.3 Å². The van der Waals surface area contributed by atoms with Crippen LogP contribution in [0.1, 0.15) is 49.1 Å². The van der Waals surface area contributed by atoms with Gasteiger partial charge in [0.2, 0.25) is 5.91 Å². The highest BCUT2D eigenvalue weighted by Gasteiger charge is 2.56. The molecule has 2 aromatic carbocycles. The Hall–Kier alpha value is -3.08. The van der Waals surface area contributed by atoms with Crippen molar-refractivity contribution in [2.45, 2.75) is 39.2 Å². The topological polar surface area (TPSA) is 56.4 Å². The highest BCUT2D eigenvalue weighted by atomic mass is 16.2. The van der Waals surface area contributed by atoms with Crippen molar-refractivity contribution in [2.75, 3.05) is 19.6 Å². The van der Waals surface area contributed by atoms with Crippen molar-refractivity contribution in [3.63, 3.8) is 0 Å². The number of H-pyrrole nitrogens is 1. The first-order chi connectivity index (χ1) is 14.8. The number of para-hydroxylation sites is 1. The molecule has 0 saturated carbocycles. The summed E-state index contributed by atoms with van der Waals surface area (Å²) in [6.45, 7) is 9.40. The first kappa shape index (κ1) is 19.9. The van der Waals surface area contributed by atoms with E-state index < -0.39 is 5.54 Å². The van der Waals surface area contributed by atoms with Gasteiger partial charge in [-0.05, 0) is 37.0 Å². The highest BCUT2D eigenvalue weighted by Crippen LogP contribution is 2.48. The summed E-state index contributed by atoms with van der Waals surface area (Å²) >= 11 is 0. The second kappa shape index (κ2) is 6.98. The minimum Gasteiger partial charge on any atom is -0.356 e. The second-order valence-corrected chi connectivity index (χ2v) is 9.58. The summed E-state index contributed by atoms with van der Waals surface area (Å²) in [5.74, 6) is 0.353. The lowest BCUT2D eigenvalue weighted by Gasteiger charge is -2.51. The molecular weight excluding hydrogens is 386 g/mol. The number of aryl methyl sites for hydroxylation is 1. The van der Waals surface area contributed by atoms with Crippen molar-refractivity contribution in [2.24, 2.45) is 5.92 Å². The van der Waals surface area contributed by atoms with E-state index in [0.29, 0.717) is 19.0 Å². The summed E-state index contributed by atoms with van der Waals surface area (Å²) in [7, 11) is 0. The molecule has 1 N–H and O–H groups in total. The van der Waals surface area contributed by atoms with Crippen LogP contribution in [0.15, 0.2) is 48.5 Å². The first-order valence-corrected chi connectivity index (χ1v) is 11.1. The van der Waals surface area contributed by atoms with Gasteiger partial charge in [-0.1, -0.05) is 61.9 Å². The molecular formula is C26H29N3O2. The molecule has 5 nitrogen and oxygen atoms in total. The molecule has 2 atom stereocenters. The molecule has 1 aromatic heterocycles. The average molecular weight is 416 g/mol. The zero-order chi connectivity index (χ0) is 21.9. The predicted octanol–water partition coefficient (Wildman–Crippen LogP) is 4.16. The number of aromatic amines is 1. The molecule has 0 unspecified atom stereocenters. The Morgan fingerprint density at radius 2 is 1.81 bits per heavy atom. The van der Waals surface area contributed by atoms with Gasteiger partial charge in [0.25, 0.3) is 5.91 Å². The number of amides is 2. The molecule has 0 radical (unpaired) electrons. The number of hydrogen-bond acceptors (Lipinski definition) is 2. The minimum atomic E-state index is -1.01. The third kappa shape index (κ3) is 2.90. The van der Waals surface area contributed by atoms with Crippen molar-refractivity contribution in [3.05, 3.63) is 70.9 Å². The van der Waals surface area contributed by atoms with Gasteiger partial charge < -0.3 is 14.8 Å². The third-order valence-corrected chi connectivity index (χ3v) is 6.88. The van der Waals surface area contributed by atoms with Crippen LogP contribution >= 0.6 is 0 Å². The van der Waals surface area contributed by atoms with Gasteiger partial charge in [0.05, 0.1) is 12.2 Å². The van der Waals surface area contributed by atoms with Crippen LogP contribution in [-0.2, 0) is 15.1 Å². The summed E-state index contributed by atoms with van der Waals surface area (Å²) in [5, 5.41) is 1.13. The number of benzene rings is 2. The molecule has 5 rings (SSSR count). The van der Waals surface area contributed by atoms with Crippen LogP contribution in [0, 0.1) is 12.8 Å². The van der Waals surface area contributed by atoms with Crippen LogP contribution in [0.3, 0.4) is 0 Å². The Morgan fingerprint density at radius 1 is 1.10 bits per heavy atom. The Labute approximate surface area is 183 Å². The molecule has 5 heteroatoms. The van der Waals surface area contributed by atoms with E-state index in [9.17, 15) is 9.59 Å². The second-order valence-electron chi connectivity index (χ2n) is 9.58. The number of rotatable bonds is 3. The molecule has 1 saturated heterocycles. The van der Waals surface area contributed by atoms with Gasteiger partial charge in [-0.15, -0.1) is 0 Å². The maximum atomic E-state index is 13.8. The van der Waals surface area contributed by atoms with Crippen LogP contribution < -0.4 is 0 Å². The molecule has 2 amide bonds. The van der Waals surface area contributed by atoms with Gasteiger partial charge in [-0.2, -0.15) is 0 Å². The molecule has 160 valence electrons. The number of aromatic nitrogens is 1. The number of hydrogen-bond donors (Lipinski definition) is 1. The van der Waals surface area contributed by atoms with E-state index in [4.69, 9.17) is 0 Å². The standard InChI is InChI=1S/C26H29N3O2/c1-16(2)13-28-15-22(30)29-14-20(18-11-9-17(3)10-12-18)23-19-7-5-6-8-21(19)27-24(23)26(29,4)25(28)31/h5-12,16,20,27H,13-15H2,1-4H3/t20-,26-/m0/s1. The number of nitrogens with zero attached hydrogens (tertiary/aromatic N) is 2. The van der Waals surface area contributed by atoms with Crippen molar-refractivity contribution in [3.8, 4) is 0 Å². The Kier molecular flexibility index (Phi) is 4.47. The van der Waals surface area contributed by atoms with Gasteiger partial charge in [0, 0.05) is 29.9 Å². The number of fused-ring (bicyclic) bond motifs is 5. The minimum absolute atomic E-state index is 0.0102. The highest BCUT2D eigenvalue weighted by molar-refractivity contribution is 6.01. The summed E-state index contributed by atoms with van der Waals surface area (Å²) in [5.41, 5.74) is 4.37.